The van der Waals surface area contributed by atoms with Gasteiger partial charge in [-0.25, -0.2) is 13.1 Å². The third kappa shape index (κ3) is 3.61. The fourth-order valence-electron chi connectivity index (χ4n) is 2.44. The Morgan fingerprint density at radius 3 is 2.60 bits per heavy atom. The van der Waals surface area contributed by atoms with E-state index in [-0.39, 0.29) is 10.3 Å². The maximum atomic E-state index is 12.4. The molecular formula is C14H21BrN2O2S. The number of hydrogen-bond acceptors (Lipinski definition) is 3. The van der Waals surface area contributed by atoms with Crippen molar-refractivity contribution in [2.45, 2.75) is 44.0 Å². The lowest BCUT2D eigenvalue weighted by atomic mass is 10.0. The van der Waals surface area contributed by atoms with Crippen molar-refractivity contribution in [1.82, 2.24) is 4.72 Å². The van der Waals surface area contributed by atoms with Crippen molar-refractivity contribution < 1.29 is 8.42 Å². The summed E-state index contributed by atoms with van der Waals surface area (Å²) in [7, 11) is -3.47. The van der Waals surface area contributed by atoms with Gasteiger partial charge in [0.1, 0.15) is 0 Å². The Bertz CT molecular complexity index is 583. The Morgan fingerprint density at radius 2 is 2.10 bits per heavy atom. The molecule has 1 fully saturated rings. The van der Waals surface area contributed by atoms with Gasteiger partial charge in [0.2, 0.25) is 10.0 Å². The van der Waals surface area contributed by atoms with Crippen molar-refractivity contribution in [3.05, 3.63) is 28.2 Å². The first kappa shape index (κ1) is 15.9. The molecule has 20 heavy (non-hydrogen) atoms. The van der Waals surface area contributed by atoms with Gasteiger partial charge in [0, 0.05) is 17.6 Å². The van der Waals surface area contributed by atoms with E-state index in [0.717, 1.165) is 31.2 Å². The molecule has 0 heterocycles. The summed E-state index contributed by atoms with van der Waals surface area (Å²) in [4.78, 5) is 0.280. The van der Waals surface area contributed by atoms with E-state index < -0.39 is 10.0 Å². The average Bonchev–Trinajstić information content (AvgIpc) is 3.17. The second kappa shape index (κ2) is 6.13. The zero-order valence-electron chi connectivity index (χ0n) is 11.7. The number of rotatable bonds is 7. The Hall–Kier alpha value is -0.430. The molecular weight excluding hydrogens is 340 g/mol. The van der Waals surface area contributed by atoms with Crippen LogP contribution in [0.15, 0.2) is 27.6 Å². The lowest BCUT2D eigenvalue weighted by Gasteiger charge is -2.16. The summed E-state index contributed by atoms with van der Waals surface area (Å²) in [6.45, 7) is 3.07. The van der Waals surface area contributed by atoms with Gasteiger partial charge in [-0.1, -0.05) is 19.4 Å². The predicted octanol–water partition coefficient (Wildman–Crippen LogP) is 2.77. The molecule has 1 aromatic carbocycles. The van der Waals surface area contributed by atoms with Gasteiger partial charge in [0.05, 0.1) is 4.90 Å². The maximum Gasteiger partial charge on any atom is 0.241 e. The third-order valence-electron chi connectivity index (χ3n) is 3.90. The number of benzene rings is 1. The van der Waals surface area contributed by atoms with Crippen LogP contribution in [0.3, 0.4) is 0 Å². The highest BCUT2D eigenvalue weighted by molar-refractivity contribution is 9.10. The van der Waals surface area contributed by atoms with E-state index in [0.29, 0.717) is 17.6 Å². The van der Waals surface area contributed by atoms with Crippen LogP contribution in [0.1, 0.15) is 38.2 Å². The smallest absolute Gasteiger partial charge is 0.241 e. The van der Waals surface area contributed by atoms with Gasteiger partial charge in [-0.15, -0.1) is 0 Å². The molecule has 3 N–H and O–H groups in total. The molecule has 1 aromatic rings. The van der Waals surface area contributed by atoms with Crippen LogP contribution in [0.4, 0.5) is 0 Å². The highest BCUT2D eigenvalue weighted by atomic mass is 79.9. The van der Waals surface area contributed by atoms with Gasteiger partial charge in [-0.2, -0.15) is 0 Å². The monoisotopic (exact) mass is 360 g/mol. The van der Waals surface area contributed by atoms with Gasteiger partial charge in [0.25, 0.3) is 0 Å². The number of nitrogens with two attached hydrogens (primary N) is 1. The molecule has 0 radical (unpaired) electrons. The van der Waals surface area contributed by atoms with Gasteiger partial charge in [-0.3, -0.25) is 0 Å². The van der Waals surface area contributed by atoms with E-state index in [1.807, 2.05) is 0 Å². The van der Waals surface area contributed by atoms with Crippen molar-refractivity contribution in [3.8, 4) is 0 Å². The largest absolute Gasteiger partial charge is 0.326 e. The minimum absolute atomic E-state index is 0.200. The molecule has 0 bridgehead atoms. The number of nitrogens with one attached hydrogen (secondary N) is 1. The molecule has 0 atom stereocenters. The average molecular weight is 361 g/mol. The summed E-state index contributed by atoms with van der Waals surface area (Å²) in [6, 6.07) is 5.11. The predicted molar refractivity (Wildman–Crippen MR) is 83.8 cm³/mol. The molecule has 2 rings (SSSR count). The zero-order valence-corrected chi connectivity index (χ0v) is 14.1. The minimum Gasteiger partial charge on any atom is -0.326 e. The highest BCUT2D eigenvalue weighted by Gasteiger charge is 2.42. The van der Waals surface area contributed by atoms with Crippen LogP contribution in [0.5, 0.6) is 0 Å². The molecule has 0 saturated heterocycles. The van der Waals surface area contributed by atoms with Crippen molar-refractivity contribution in [2.24, 2.45) is 11.1 Å². The van der Waals surface area contributed by atoms with Crippen molar-refractivity contribution in [1.29, 1.82) is 0 Å². The fraction of sp³-hybridized carbons (Fsp3) is 0.571. The quantitative estimate of drug-likeness (QED) is 0.784. The van der Waals surface area contributed by atoms with Crippen LogP contribution < -0.4 is 10.5 Å². The number of sulfonamides is 1. The van der Waals surface area contributed by atoms with Gasteiger partial charge in [-0.05, 0) is 58.3 Å². The first-order valence-corrected chi connectivity index (χ1v) is 9.18. The molecule has 112 valence electrons. The van der Waals surface area contributed by atoms with Crippen LogP contribution in [-0.4, -0.2) is 15.0 Å². The molecule has 1 saturated carbocycles. The molecule has 0 spiro atoms. The van der Waals surface area contributed by atoms with Gasteiger partial charge < -0.3 is 5.73 Å². The van der Waals surface area contributed by atoms with Crippen LogP contribution in [-0.2, 0) is 16.6 Å². The molecule has 4 nitrogen and oxygen atoms in total. The van der Waals surface area contributed by atoms with E-state index >= 15 is 0 Å². The molecule has 1 aliphatic rings. The summed E-state index contributed by atoms with van der Waals surface area (Å²) < 4.78 is 28.0. The summed E-state index contributed by atoms with van der Waals surface area (Å²) in [5, 5.41) is 0. The number of halogens is 1. The van der Waals surface area contributed by atoms with Crippen LogP contribution in [0, 0.1) is 5.41 Å². The van der Waals surface area contributed by atoms with Crippen LogP contribution in [0.25, 0.3) is 0 Å². The molecule has 0 unspecified atom stereocenters. The van der Waals surface area contributed by atoms with Gasteiger partial charge >= 0.3 is 0 Å². The Kier molecular flexibility index (Phi) is 4.89. The lowest BCUT2D eigenvalue weighted by Crippen LogP contribution is -2.30. The maximum absolute atomic E-state index is 12.4. The second-order valence-corrected chi connectivity index (χ2v) is 8.13. The van der Waals surface area contributed by atoms with Gasteiger partial charge in [0.15, 0.2) is 0 Å². The normalized spacial score (nSPS) is 17.1. The summed E-state index contributed by atoms with van der Waals surface area (Å²) in [5.41, 5.74) is 6.65. The molecule has 6 heteroatoms. The lowest BCUT2D eigenvalue weighted by molar-refractivity contribution is 0.449. The van der Waals surface area contributed by atoms with E-state index in [1.54, 1.807) is 18.2 Å². The molecule has 0 aromatic heterocycles. The first-order chi connectivity index (χ1) is 9.42. The minimum atomic E-state index is -3.47. The van der Waals surface area contributed by atoms with E-state index in [4.69, 9.17) is 5.73 Å². The number of hydrogen-bond donors (Lipinski definition) is 2. The summed E-state index contributed by atoms with van der Waals surface area (Å²) in [5.74, 6) is 0. The zero-order chi connectivity index (χ0) is 14.8. The second-order valence-electron chi connectivity index (χ2n) is 5.54. The third-order valence-corrected chi connectivity index (χ3v) is 6.27. The van der Waals surface area contributed by atoms with Crippen molar-refractivity contribution in [2.75, 3.05) is 6.54 Å². The Labute approximate surface area is 129 Å². The van der Waals surface area contributed by atoms with E-state index in [1.165, 1.54) is 0 Å². The van der Waals surface area contributed by atoms with Crippen LogP contribution in [0.2, 0.25) is 0 Å². The van der Waals surface area contributed by atoms with Crippen LogP contribution >= 0.6 is 15.9 Å². The summed E-state index contributed by atoms with van der Waals surface area (Å²) >= 11 is 3.32. The van der Waals surface area contributed by atoms with E-state index in [2.05, 4.69) is 27.6 Å². The van der Waals surface area contributed by atoms with Crippen molar-refractivity contribution >= 4 is 26.0 Å². The molecule has 1 aliphatic carbocycles. The highest BCUT2D eigenvalue weighted by Crippen LogP contribution is 2.49. The SMILES string of the molecule is CCCC1(CNS(=O)(=O)c2ccc(CN)cc2Br)CC1. The fourth-order valence-corrected chi connectivity index (χ4v) is 4.72. The summed E-state index contributed by atoms with van der Waals surface area (Å²) in [6.07, 6.45) is 4.42. The molecule has 0 aliphatic heterocycles. The Morgan fingerprint density at radius 1 is 1.40 bits per heavy atom. The standard InChI is InChI=1S/C14H21BrN2O2S/c1-2-5-14(6-7-14)10-17-20(18,19)13-4-3-11(9-16)8-12(13)15/h3-4,8,17H,2,5-7,9-10,16H2,1H3. The first-order valence-electron chi connectivity index (χ1n) is 6.91. The molecule has 0 amide bonds. The topological polar surface area (TPSA) is 72.2 Å². The van der Waals surface area contributed by atoms with Crippen molar-refractivity contribution in [3.63, 3.8) is 0 Å². The Balaban J connectivity index is 2.10. The van der Waals surface area contributed by atoms with E-state index in [9.17, 15) is 8.42 Å².